The van der Waals surface area contributed by atoms with Crippen molar-refractivity contribution in [2.45, 2.75) is 46.6 Å². The predicted octanol–water partition coefficient (Wildman–Crippen LogP) is 2.78. The van der Waals surface area contributed by atoms with E-state index in [9.17, 15) is 0 Å². The molecular weight excluding hydrogens is 439 g/mol. The Hall–Kier alpha value is -1.64. The number of aliphatic imine (C=N–C) groups is 1. The van der Waals surface area contributed by atoms with Crippen molar-refractivity contribution >= 4 is 29.9 Å². The second-order valence-corrected chi connectivity index (χ2v) is 6.39. The zero-order chi connectivity index (χ0) is 18.2. The molecule has 1 atom stereocenters. The number of nitrogens with one attached hydrogen (secondary N) is 2. The highest BCUT2D eigenvalue weighted by Gasteiger charge is 2.13. The molecule has 0 saturated carbocycles. The first kappa shape index (κ1) is 22.4. The quantitative estimate of drug-likeness (QED) is 0.371. The smallest absolute Gasteiger partial charge is 0.191 e. The molecule has 2 heterocycles. The summed E-state index contributed by atoms with van der Waals surface area (Å²) in [5.74, 6) is 0.859. The van der Waals surface area contributed by atoms with Crippen LogP contribution in [0.3, 0.4) is 0 Å². The Bertz CT molecular complexity index is 696. The number of hydrogen-bond acceptors (Lipinski definition) is 3. The fourth-order valence-electron chi connectivity index (χ4n) is 2.87. The van der Waals surface area contributed by atoms with Gasteiger partial charge in [0.25, 0.3) is 0 Å². The van der Waals surface area contributed by atoms with E-state index in [1.54, 1.807) is 6.20 Å². The second-order valence-electron chi connectivity index (χ2n) is 6.39. The highest BCUT2D eigenvalue weighted by atomic mass is 127. The summed E-state index contributed by atoms with van der Waals surface area (Å²) < 4.78 is 1.95. The highest BCUT2D eigenvalue weighted by molar-refractivity contribution is 14.0. The van der Waals surface area contributed by atoms with Crippen molar-refractivity contribution in [3.63, 3.8) is 0 Å². The van der Waals surface area contributed by atoms with Gasteiger partial charge >= 0.3 is 0 Å². The molecule has 0 amide bonds. The molecule has 2 rings (SSSR count). The molecule has 2 N–H and O–H groups in total. The molecule has 0 fully saturated rings. The van der Waals surface area contributed by atoms with E-state index >= 15 is 0 Å². The molecule has 0 radical (unpaired) electrons. The molecule has 0 aliphatic heterocycles. The number of guanidine groups is 1. The number of rotatable bonds is 7. The summed E-state index contributed by atoms with van der Waals surface area (Å²) in [4.78, 5) is 8.83. The van der Waals surface area contributed by atoms with Crippen molar-refractivity contribution in [1.29, 1.82) is 0 Å². The lowest BCUT2D eigenvalue weighted by Crippen LogP contribution is -2.43. The zero-order valence-electron chi connectivity index (χ0n) is 16.4. The van der Waals surface area contributed by atoms with Gasteiger partial charge < -0.3 is 10.6 Å². The normalized spacial score (nSPS) is 12.4. The largest absolute Gasteiger partial charge is 0.357 e. The van der Waals surface area contributed by atoms with Gasteiger partial charge in [0, 0.05) is 44.3 Å². The molecule has 0 bridgehead atoms. The van der Waals surface area contributed by atoms with E-state index in [2.05, 4.69) is 59.5 Å². The summed E-state index contributed by atoms with van der Waals surface area (Å²) in [5, 5.41) is 11.3. The van der Waals surface area contributed by atoms with Gasteiger partial charge in [0.05, 0.1) is 5.69 Å². The maximum atomic E-state index is 4.69. The molecule has 2 aromatic rings. The maximum Gasteiger partial charge on any atom is 0.191 e. The Morgan fingerprint density at radius 3 is 2.69 bits per heavy atom. The van der Waals surface area contributed by atoms with Gasteiger partial charge in [-0.2, -0.15) is 5.10 Å². The molecule has 0 aliphatic carbocycles. The second kappa shape index (κ2) is 11.2. The third-order valence-electron chi connectivity index (χ3n) is 4.29. The van der Waals surface area contributed by atoms with Crippen LogP contribution >= 0.6 is 24.0 Å². The van der Waals surface area contributed by atoms with Crippen LogP contribution in [0.4, 0.5) is 0 Å². The summed E-state index contributed by atoms with van der Waals surface area (Å²) in [6.07, 6.45) is 5.51. The first-order valence-corrected chi connectivity index (χ1v) is 8.94. The molecule has 0 aromatic carbocycles. The summed E-state index contributed by atoms with van der Waals surface area (Å²) in [5.41, 5.74) is 4.85. The number of halogens is 1. The van der Waals surface area contributed by atoms with Gasteiger partial charge in [-0.1, -0.05) is 6.07 Å². The summed E-state index contributed by atoms with van der Waals surface area (Å²) >= 11 is 0. The van der Waals surface area contributed by atoms with Crippen LogP contribution in [0, 0.1) is 13.8 Å². The fourth-order valence-corrected chi connectivity index (χ4v) is 2.87. The molecule has 1 unspecified atom stereocenters. The first-order valence-electron chi connectivity index (χ1n) is 8.94. The predicted molar refractivity (Wildman–Crippen MR) is 118 cm³/mol. The van der Waals surface area contributed by atoms with Gasteiger partial charge in [0.15, 0.2) is 5.96 Å². The standard InChI is InChI=1S/C19H30N6.HI/c1-6-21-19(22-11-9-17-8-7-10-20-13-17)23-14(2)12-18-15(3)24-25(5)16(18)4;/h7-8,10,13-14H,6,9,11-12H2,1-5H3,(H2,21,22,23);1H. The number of aryl methyl sites for hydroxylation is 2. The van der Waals surface area contributed by atoms with E-state index in [0.29, 0.717) is 0 Å². The number of aromatic nitrogens is 3. The van der Waals surface area contributed by atoms with Crippen LogP contribution in [0.2, 0.25) is 0 Å². The Morgan fingerprint density at radius 1 is 1.35 bits per heavy atom. The topological polar surface area (TPSA) is 67.1 Å². The minimum absolute atomic E-state index is 0. The Kier molecular flexibility index (Phi) is 9.61. The van der Waals surface area contributed by atoms with E-state index in [-0.39, 0.29) is 30.0 Å². The summed E-state index contributed by atoms with van der Waals surface area (Å²) in [6, 6.07) is 4.32. The summed E-state index contributed by atoms with van der Waals surface area (Å²) in [7, 11) is 1.99. The number of hydrogen-bond donors (Lipinski definition) is 2. The van der Waals surface area contributed by atoms with E-state index < -0.39 is 0 Å². The lowest BCUT2D eigenvalue weighted by atomic mass is 10.1. The fraction of sp³-hybridized carbons (Fsp3) is 0.526. The van der Waals surface area contributed by atoms with Crippen molar-refractivity contribution < 1.29 is 0 Å². The van der Waals surface area contributed by atoms with Gasteiger partial charge in [-0.15, -0.1) is 24.0 Å². The van der Waals surface area contributed by atoms with Gasteiger partial charge in [-0.05, 0) is 57.7 Å². The third kappa shape index (κ3) is 6.59. The molecule has 0 spiro atoms. The van der Waals surface area contributed by atoms with Crippen molar-refractivity contribution in [2.75, 3.05) is 13.1 Å². The first-order chi connectivity index (χ1) is 12.0. The Balaban J connectivity index is 0.00000338. The molecule has 7 heteroatoms. The van der Waals surface area contributed by atoms with Crippen LogP contribution in [-0.2, 0) is 19.9 Å². The molecule has 0 aliphatic rings. The van der Waals surface area contributed by atoms with Crippen LogP contribution < -0.4 is 10.6 Å². The molecule has 6 nitrogen and oxygen atoms in total. The van der Waals surface area contributed by atoms with Gasteiger partial charge in [0.1, 0.15) is 0 Å². The lowest BCUT2D eigenvalue weighted by molar-refractivity contribution is 0.635. The van der Waals surface area contributed by atoms with E-state index in [0.717, 1.165) is 37.6 Å². The Morgan fingerprint density at radius 2 is 2.12 bits per heavy atom. The molecule has 26 heavy (non-hydrogen) atoms. The van der Waals surface area contributed by atoms with Gasteiger partial charge in [0.2, 0.25) is 0 Å². The minimum atomic E-state index is 0. The molecule has 144 valence electrons. The zero-order valence-corrected chi connectivity index (χ0v) is 18.7. The van der Waals surface area contributed by atoms with Crippen LogP contribution in [0.1, 0.15) is 36.4 Å². The molecular formula is C19H31IN6. The minimum Gasteiger partial charge on any atom is -0.357 e. The number of nitrogens with zero attached hydrogens (tertiary/aromatic N) is 4. The number of pyridine rings is 1. The molecule has 2 aromatic heterocycles. The average Bonchev–Trinajstić information content (AvgIpc) is 2.82. The van der Waals surface area contributed by atoms with Crippen LogP contribution in [-0.4, -0.2) is 39.9 Å². The molecule has 0 saturated heterocycles. The third-order valence-corrected chi connectivity index (χ3v) is 4.29. The summed E-state index contributed by atoms with van der Waals surface area (Å²) in [6.45, 7) is 10.0. The van der Waals surface area contributed by atoms with E-state index in [1.807, 2.05) is 24.0 Å². The van der Waals surface area contributed by atoms with Crippen molar-refractivity contribution in [2.24, 2.45) is 12.0 Å². The maximum absolute atomic E-state index is 4.69. The van der Waals surface area contributed by atoms with E-state index in [1.165, 1.54) is 16.8 Å². The van der Waals surface area contributed by atoms with Crippen LogP contribution in [0.5, 0.6) is 0 Å². The average molecular weight is 470 g/mol. The highest BCUT2D eigenvalue weighted by Crippen LogP contribution is 2.14. The van der Waals surface area contributed by atoms with Crippen LogP contribution in [0.25, 0.3) is 0 Å². The van der Waals surface area contributed by atoms with Crippen molar-refractivity contribution in [1.82, 2.24) is 25.4 Å². The van der Waals surface area contributed by atoms with Crippen LogP contribution in [0.15, 0.2) is 29.5 Å². The lowest BCUT2D eigenvalue weighted by Gasteiger charge is -2.18. The SMILES string of the molecule is CCNC(=NCCc1cccnc1)NC(C)Cc1c(C)nn(C)c1C.I. The van der Waals surface area contributed by atoms with Gasteiger partial charge in [-0.3, -0.25) is 14.7 Å². The monoisotopic (exact) mass is 470 g/mol. The van der Waals surface area contributed by atoms with Crippen molar-refractivity contribution in [3.05, 3.63) is 47.0 Å². The van der Waals surface area contributed by atoms with E-state index in [4.69, 9.17) is 0 Å². The Labute approximate surface area is 173 Å². The van der Waals surface area contributed by atoms with Gasteiger partial charge in [-0.25, -0.2) is 0 Å². The van der Waals surface area contributed by atoms with Crippen molar-refractivity contribution in [3.8, 4) is 0 Å².